The predicted octanol–water partition coefficient (Wildman–Crippen LogP) is 4.40. The van der Waals surface area contributed by atoms with Gasteiger partial charge in [0.05, 0.1) is 24.9 Å². The SMILES string of the molecule is COc1cccc(N(C)Cc2coc(-c3ccc(C(F)(F)F)cc3)n2)n1. The van der Waals surface area contributed by atoms with Crippen molar-refractivity contribution >= 4 is 5.82 Å². The highest BCUT2D eigenvalue weighted by Crippen LogP contribution is 2.31. The topological polar surface area (TPSA) is 51.4 Å². The molecule has 0 aliphatic carbocycles. The van der Waals surface area contributed by atoms with Crippen LogP contribution in [0.2, 0.25) is 0 Å². The number of halogens is 3. The van der Waals surface area contributed by atoms with Crippen molar-refractivity contribution in [1.29, 1.82) is 0 Å². The van der Waals surface area contributed by atoms with Gasteiger partial charge < -0.3 is 14.1 Å². The number of hydrogen-bond donors (Lipinski definition) is 0. The van der Waals surface area contributed by atoms with E-state index in [9.17, 15) is 13.2 Å². The molecule has 0 fully saturated rings. The average Bonchev–Trinajstić information content (AvgIpc) is 3.09. The molecule has 26 heavy (non-hydrogen) atoms. The van der Waals surface area contributed by atoms with E-state index < -0.39 is 11.7 Å². The van der Waals surface area contributed by atoms with E-state index in [0.717, 1.165) is 12.1 Å². The monoisotopic (exact) mass is 363 g/mol. The molecule has 3 aromatic rings. The van der Waals surface area contributed by atoms with Gasteiger partial charge in [-0.2, -0.15) is 18.2 Å². The van der Waals surface area contributed by atoms with E-state index in [-0.39, 0.29) is 5.89 Å². The summed E-state index contributed by atoms with van der Waals surface area (Å²) in [5, 5.41) is 0. The Morgan fingerprint density at radius 3 is 2.46 bits per heavy atom. The Kier molecular flexibility index (Phi) is 4.83. The van der Waals surface area contributed by atoms with Crippen LogP contribution < -0.4 is 9.64 Å². The average molecular weight is 363 g/mol. The molecule has 136 valence electrons. The van der Waals surface area contributed by atoms with Crippen LogP contribution in [0.3, 0.4) is 0 Å². The van der Waals surface area contributed by atoms with E-state index >= 15 is 0 Å². The Bertz CT molecular complexity index is 876. The van der Waals surface area contributed by atoms with E-state index in [1.165, 1.54) is 18.4 Å². The first-order chi connectivity index (χ1) is 12.4. The van der Waals surface area contributed by atoms with Gasteiger partial charge in [-0.15, -0.1) is 0 Å². The fourth-order valence-corrected chi connectivity index (χ4v) is 2.37. The molecule has 0 bridgehead atoms. The lowest BCUT2D eigenvalue weighted by Crippen LogP contribution is -2.17. The normalized spacial score (nSPS) is 11.4. The lowest BCUT2D eigenvalue weighted by molar-refractivity contribution is -0.137. The molecule has 1 aromatic carbocycles. The van der Waals surface area contributed by atoms with E-state index in [2.05, 4.69) is 9.97 Å². The number of alkyl halides is 3. The fourth-order valence-electron chi connectivity index (χ4n) is 2.37. The number of rotatable bonds is 5. The molecule has 0 aliphatic heterocycles. The van der Waals surface area contributed by atoms with E-state index in [4.69, 9.17) is 9.15 Å². The minimum atomic E-state index is -4.37. The van der Waals surface area contributed by atoms with Gasteiger partial charge >= 0.3 is 6.18 Å². The quantitative estimate of drug-likeness (QED) is 0.672. The maximum Gasteiger partial charge on any atom is 0.416 e. The third-order valence-corrected chi connectivity index (χ3v) is 3.72. The lowest BCUT2D eigenvalue weighted by Gasteiger charge is -2.16. The summed E-state index contributed by atoms with van der Waals surface area (Å²) in [4.78, 5) is 10.5. The largest absolute Gasteiger partial charge is 0.481 e. The Morgan fingerprint density at radius 1 is 1.08 bits per heavy atom. The van der Waals surface area contributed by atoms with Crippen molar-refractivity contribution in [3.63, 3.8) is 0 Å². The van der Waals surface area contributed by atoms with Crippen LogP contribution >= 0.6 is 0 Å². The van der Waals surface area contributed by atoms with Crippen LogP contribution in [0.5, 0.6) is 5.88 Å². The third-order valence-electron chi connectivity index (χ3n) is 3.72. The van der Waals surface area contributed by atoms with Crippen molar-refractivity contribution in [1.82, 2.24) is 9.97 Å². The summed E-state index contributed by atoms with van der Waals surface area (Å²) in [5.41, 5.74) is 0.398. The molecule has 0 N–H and O–H groups in total. The molecule has 0 saturated heterocycles. The summed E-state index contributed by atoms with van der Waals surface area (Å²) in [5.74, 6) is 1.46. The molecule has 0 amide bonds. The van der Waals surface area contributed by atoms with E-state index in [0.29, 0.717) is 29.5 Å². The fraction of sp³-hybridized carbons (Fsp3) is 0.222. The van der Waals surface area contributed by atoms with Gasteiger partial charge in [-0.3, -0.25) is 0 Å². The lowest BCUT2D eigenvalue weighted by atomic mass is 10.1. The van der Waals surface area contributed by atoms with Gasteiger partial charge in [-0.05, 0) is 30.3 Å². The zero-order chi connectivity index (χ0) is 18.7. The second-order valence-electron chi connectivity index (χ2n) is 5.61. The zero-order valence-corrected chi connectivity index (χ0v) is 14.1. The van der Waals surface area contributed by atoms with Crippen molar-refractivity contribution in [3.05, 3.63) is 60.0 Å². The first-order valence-electron chi connectivity index (χ1n) is 7.71. The van der Waals surface area contributed by atoms with Gasteiger partial charge in [0.2, 0.25) is 11.8 Å². The molecule has 3 rings (SSSR count). The van der Waals surface area contributed by atoms with Gasteiger partial charge in [0.15, 0.2) is 0 Å². The van der Waals surface area contributed by atoms with Crippen molar-refractivity contribution in [2.75, 3.05) is 19.1 Å². The Morgan fingerprint density at radius 2 is 1.81 bits per heavy atom. The molecule has 8 heteroatoms. The van der Waals surface area contributed by atoms with Crippen LogP contribution in [0, 0.1) is 0 Å². The smallest absolute Gasteiger partial charge is 0.416 e. The summed E-state index contributed by atoms with van der Waals surface area (Å²) in [6.45, 7) is 0.421. The Balaban J connectivity index is 1.73. The van der Waals surface area contributed by atoms with Crippen LogP contribution in [-0.2, 0) is 12.7 Å². The first-order valence-corrected chi connectivity index (χ1v) is 7.71. The molecular weight excluding hydrogens is 347 g/mol. The first kappa shape index (κ1) is 17.8. The minimum Gasteiger partial charge on any atom is -0.481 e. The molecule has 0 spiro atoms. The molecule has 5 nitrogen and oxygen atoms in total. The van der Waals surface area contributed by atoms with Crippen LogP contribution in [0.4, 0.5) is 19.0 Å². The number of aromatic nitrogens is 2. The minimum absolute atomic E-state index is 0.265. The second kappa shape index (κ2) is 7.07. The Hall–Kier alpha value is -3.03. The number of benzene rings is 1. The van der Waals surface area contributed by atoms with Crippen molar-refractivity contribution < 1.29 is 22.3 Å². The van der Waals surface area contributed by atoms with Crippen molar-refractivity contribution in [3.8, 4) is 17.3 Å². The van der Waals surface area contributed by atoms with Gasteiger partial charge in [0.1, 0.15) is 12.1 Å². The van der Waals surface area contributed by atoms with Gasteiger partial charge in [0, 0.05) is 18.7 Å². The molecule has 2 heterocycles. The summed E-state index contributed by atoms with van der Waals surface area (Å²) in [6, 6.07) is 10.1. The molecule has 0 aliphatic rings. The molecule has 2 aromatic heterocycles. The van der Waals surface area contributed by atoms with Crippen LogP contribution in [-0.4, -0.2) is 24.1 Å². The van der Waals surface area contributed by atoms with Crippen LogP contribution in [0.25, 0.3) is 11.5 Å². The summed E-state index contributed by atoms with van der Waals surface area (Å²) >= 11 is 0. The van der Waals surface area contributed by atoms with E-state index in [1.807, 2.05) is 24.1 Å². The zero-order valence-electron chi connectivity index (χ0n) is 14.1. The molecule has 0 saturated carbocycles. The number of nitrogens with zero attached hydrogens (tertiary/aromatic N) is 3. The number of ether oxygens (including phenoxy) is 1. The van der Waals surface area contributed by atoms with Crippen LogP contribution in [0.1, 0.15) is 11.3 Å². The Labute approximate surface area is 148 Å². The highest BCUT2D eigenvalue weighted by atomic mass is 19.4. The molecule has 0 radical (unpaired) electrons. The maximum atomic E-state index is 12.6. The van der Waals surface area contributed by atoms with Crippen molar-refractivity contribution in [2.45, 2.75) is 12.7 Å². The standard InChI is InChI=1S/C18H16F3N3O2/c1-24(15-4-3-5-16(23-15)25-2)10-14-11-26-17(22-14)12-6-8-13(9-7-12)18(19,20)21/h3-9,11H,10H2,1-2H3. The van der Waals surface area contributed by atoms with Gasteiger partial charge in [0.25, 0.3) is 0 Å². The number of methoxy groups -OCH3 is 1. The number of pyridine rings is 1. The highest BCUT2D eigenvalue weighted by Gasteiger charge is 2.30. The van der Waals surface area contributed by atoms with Gasteiger partial charge in [-0.25, -0.2) is 4.98 Å². The highest BCUT2D eigenvalue weighted by molar-refractivity contribution is 5.54. The molecule has 0 atom stereocenters. The maximum absolute atomic E-state index is 12.6. The number of oxazole rings is 1. The van der Waals surface area contributed by atoms with Gasteiger partial charge in [-0.1, -0.05) is 6.07 Å². The van der Waals surface area contributed by atoms with Crippen LogP contribution in [0.15, 0.2) is 53.1 Å². The number of anilines is 1. The summed E-state index contributed by atoms with van der Waals surface area (Å²) in [7, 11) is 3.38. The number of hydrogen-bond acceptors (Lipinski definition) is 5. The molecule has 0 unspecified atom stereocenters. The predicted molar refractivity (Wildman–Crippen MR) is 89.8 cm³/mol. The third kappa shape index (κ3) is 3.96. The summed E-state index contributed by atoms with van der Waals surface area (Å²) in [6.07, 6.45) is -2.89. The molecular formula is C18H16F3N3O2. The second-order valence-corrected chi connectivity index (χ2v) is 5.61. The van der Waals surface area contributed by atoms with E-state index in [1.54, 1.807) is 13.2 Å². The summed E-state index contributed by atoms with van der Waals surface area (Å²) < 4.78 is 48.4. The van der Waals surface area contributed by atoms with Crippen molar-refractivity contribution in [2.24, 2.45) is 0 Å².